The van der Waals surface area contributed by atoms with E-state index >= 15 is 0 Å². The van der Waals surface area contributed by atoms with Crippen LogP contribution in [0, 0.1) is 11.6 Å². The summed E-state index contributed by atoms with van der Waals surface area (Å²) < 4.78 is 35.9. The third-order valence-electron chi connectivity index (χ3n) is 2.99. The largest absolute Gasteiger partial charge is 0.492 e. The second-order valence-electron chi connectivity index (χ2n) is 4.39. The molecule has 0 bridgehead atoms. The van der Waals surface area contributed by atoms with Crippen LogP contribution in [0.3, 0.4) is 0 Å². The van der Waals surface area contributed by atoms with E-state index < -0.39 is 11.9 Å². The van der Waals surface area contributed by atoms with E-state index in [1.165, 1.54) is 55.6 Å². The lowest BCUT2D eigenvalue weighted by Gasteiger charge is -2.16. The van der Waals surface area contributed by atoms with Crippen molar-refractivity contribution < 1.29 is 23.0 Å². The number of halogens is 2. The molecule has 0 aliphatic heterocycles. The van der Waals surface area contributed by atoms with Gasteiger partial charge in [-0.2, -0.15) is 0 Å². The topological polar surface area (TPSA) is 35.5 Å². The predicted octanol–water partition coefficient (Wildman–Crippen LogP) is 3.30. The van der Waals surface area contributed by atoms with Crippen molar-refractivity contribution in [1.82, 2.24) is 0 Å². The highest BCUT2D eigenvalue weighted by Gasteiger charge is 2.22. The van der Waals surface area contributed by atoms with E-state index in [1.807, 2.05) is 0 Å². The monoisotopic (exact) mass is 292 g/mol. The van der Waals surface area contributed by atoms with Crippen molar-refractivity contribution in [3.8, 4) is 5.75 Å². The maximum Gasteiger partial charge on any atom is 0.316 e. The predicted molar refractivity (Wildman–Crippen MR) is 73.1 cm³/mol. The van der Waals surface area contributed by atoms with Crippen molar-refractivity contribution in [2.45, 2.75) is 5.92 Å². The van der Waals surface area contributed by atoms with Crippen LogP contribution in [0.15, 0.2) is 48.5 Å². The van der Waals surface area contributed by atoms with Gasteiger partial charge in [-0.25, -0.2) is 8.78 Å². The third-order valence-corrected chi connectivity index (χ3v) is 2.99. The summed E-state index contributed by atoms with van der Waals surface area (Å²) in [7, 11) is 1.27. The molecule has 0 aliphatic rings. The summed E-state index contributed by atoms with van der Waals surface area (Å²) in [6.07, 6.45) is 0. The van der Waals surface area contributed by atoms with Crippen LogP contribution in [0.5, 0.6) is 5.75 Å². The van der Waals surface area contributed by atoms with Gasteiger partial charge in [0.15, 0.2) is 0 Å². The molecule has 2 aromatic carbocycles. The van der Waals surface area contributed by atoms with E-state index in [9.17, 15) is 13.6 Å². The first-order valence-corrected chi connectivity index (χ1v) is 6.32. The number of carbonyl (C=O) groups excluding carboxylic acids is 1. The van der Waals surface area contributed by atoms with Crippen LogP contribution in [-0.4, -0.2) is 19.7 Å². The second-order valence-corrected chi connectivity index (χ2v) is 4.39. The molecule has 110 valence electrons. The Labute approximate surface area is 121 Å². The Kier molecular flexibility index (Phi) is 4.87. The molecule has 0 spiro atoms. The molecule has 21 heavy (non-hydrogen) atoms. The van der Waals surface area contributed by atoms with Crippen LogP contribution in [0.1, 0.15) is 11.5 Å². The molecule has 0 saturated heterocycles. The molecule has 0 radical (unpaired) electrons. The molecule has 2 rings (SSSR count). The molecular weight excluding hydrogens is 278 g/mol. The molecule has 0 saturated carbocycles. The number of carbonyl (C=O) groups is 1. The van der Waals surface area contributed by atoms with E-state index in [-0.39, 0.29) is 18.2 Å². The Hall–Kier alpha value is -2.43. The van der Waals surface area contributed by atoms with Crippen molar-refractivity contribution in [3.05, 3.63) is 65.7 Å². The fourth-order valence-electron chi connectivity index (χ4n) is 1.85. The number of methoxy groups -OCH3 is 1. The highest BCUT2D eigenvalue weighted by atomic mass is 19.1. The zero-order valence-corrected chi connectivity index (χ0v) is 11.4. The van der Waals surface area contributed by atoms with Crippen LogP contribution >= 0.6 is 0 Å². The molecular formula is C16H14F2O3. The standard InChI is InChI=1S/C16H14F2O3/c1-20-16(19)15(11-2-4-12(17)5-3-11)10-21-14-8-6-13(18)7-9-14/h2-9,15H,10H2,1H3. The summed E-state index contributed by atoms with van der Waals surface area (Å²) in [5, 5.41) is 0. The average Bonchev–Trinajstić information content (AvgIpc) is 2.50. The first kappa shape index (κ1) is 15.0. The summed E-state index contributed by atoms with van der Waals surface area (Å²) >= 11 is 0. The van der Waals surface area contributed by atoms with Gasteiger partial charge in [0.05, 0.1) is 7.11 Å². The second kappa shape index (κ2) is 6.83. The summed E-state index contributed by atoms with van der Waals surface area (Å²) in [6, 6.07) is 11.0. The number of rotatable bonds is 5. The van der Waals surface area contributed by atoms with Crippen molar-refractivity contribution in [1.29, 1.82) is 0 Å². The highest BCUT2D eigenvalue weighted by Crippen LogP contribution is 2.20. The lowest BCUT2D eigenvalue weighted by atomic mass is 10.0. The van der Waals surface area contributed by atoms with Gasteiger partial charge in [-0.1, -0.05) is 12.1 Å². The van der Waals surface area contributed by atoms with Gasteiger partial charge in [-0.15, -0.1) is 0 Å². The van der Waals surface area contributed by atoms with Gasteiger partial charge in [-0.05, 0) is 42.0 Å². The number of ether oxygens (including phenoxy) is 2. The minimum absolute atomic E-state index is 0.0178. The molecule has 0 aliphatic carbocycles. The van der Waals surface area contributed by atoms with Gasteiger partial charge in [0.1, 0.15) is 29.9 Å². The van der Waals surface area contributed by atoms with Gasteiger partial charge < -0.3 is 9.47 Å². The Bertz CT molecular complexity index is 594. The smallest absolute Gasteiger partial charge is 0.316 e. The van der Waals surface area contributed by atoms with E-state index in [1.54, 1.807) is 0 Å². The molecule has 0 N–H and O–H groups in total. The fourth-order valence-corrected chi connectivity index (χ4v) is 1.85. The molecule has 2 aromatic rings. The number of benzene rings is 2. The summed E-state index contributed by atoms with van der Waals surface area (Å²) in [5.41, 5.74) is 0.588. The third kappa shape index (κ3) is 4.02. The van der Waals surface area contributed by atoms with Crippen LogP contribution in [-0.2, 0) is 9.53 Å². The Morgan fingerprint density at radius 1 is 1.00 bits per heavy atom. The number of hydrogen-bond acceptors (Lipinski definition) is 3. The minimum Gasteiger partial charge on any atom is -0.492 e. The first-order chi connectivity index (χ1) is 10.1. The van der Waals surface area contributed by atoms with Crippen molar-refractivity contribution in [2.75, 3.05) is 13.7 Å². The van der Waals surface area contributed by atoms with E-state index in [0.717, 1.165) is 0 Å². The van der Waals surface area contributed by atoms with Gasteiger partial charge in [0, 0.05) is 0 Å². The van der Waals surface area contributed by atoms with Crippen LogP contribution in [0.4, 0.5) is 8.78 Å². The molecule has 5 heteroatoms. The van der Waals surface area contributed by atoms with Crippen molar-refractivity contribution in [3.63, 3.8) is 0 Å². The summed E-state index contributed by atoms with van der Waals surface area (Å²) in [4.78, 5) is 11.8. The van der Waals surface area contributed by atoms with Gasteiger partial charge in [0.25, 0.3) is 0 Å². The normalized spacial score (nSPS) is 11.8. The lowest BCUT2D eigenvalue weighted by Crippen LogP contribution is -2.21. The van der Waals surface area contributed by atoms with Crippen LogP contribution < -0.4 is 4.74 Å². The first-order valence-electron chi connectivity index (χ1n) is 6.32. The molecule has 3 nitrogen and oxygen atoms in total. The quantitative estimate of drug-likeness (QED) is 0.793. The van der Waals surface area contributed by atoms with Crippen molar-refractivity contribution in [2.24, 2.45) is 0 Å². The van der Waals surface area contributed by atoms with Crippen LogP contribution in [0.2, 0.25) is 0 Å². The van der Waals surface area contributed by atoms with E-state index in [0.29, 0.717) is 11.3 Å². The molecule has 1 atom stereocenters. The summed E-state index contributed by atoms with van der Waals surface area (Å²) in [5.74, 6) is -1.48. The maximum atomic E-state index is 12.9. The van der Waals surface area contributed by atoms with Crippen LogP contribution in [0.25, 0.3) is 0 Å². The van der Waals surface area contributed by atoms with E-state index in [2.05, 4.69) is 0 Å². The summed E-state index contributed by atoms with van der Waals surface area (Å²) in [6.45, 7) is 0.0178. The average molecular weight is 292 g/mol. The van der Waals surface area contributed by atoms with E-state index in [4.69, 9.17) is 9.47 Å². The Balaban J connectivity index is 2.11. The fraction of sp³-hybridized carbons (Fsp3) is 0.188. The maximum absolute atomic E-state index is 12.9. The molecule has 0 aromatic heterocycles. The lowest BCUT2D eigenvalue weighted by molar-refractivity contribution is -0.143. The Morgan fingerprint density at radius 2 is 1.52 bits per heavy atom. The Morgan fingerprint density at radius 3 is 2.05 bits per heavy atom. The minimum atomic E-state index is -0.680. The highest BCUT2D eigenvalue weighted by molar-refractivity contribution is 5.78. The SMILES string of the molecule is COC(=O)C(COc1ccc(F)cc1)c1ccc(F)cc1. The zero-order valence-electron chi connectivity index (χ0n) is 11.4. The van der Waals surface area contributed by atoms with Crippen molar-refractivity contribution >= 4 is 5.97 Å². The van der Waals surface area contributed by atoms with Gasteiger partial charge in [-0.3, -0.25) is 4.79 Å². The molecule has 0 fully saturated rings. The van der Waals surface area contributed by atoms with Gasteiger partial charge in [0.2, 0.25) is 0 Å². The van der Waals surface area contributed by atoms with Gasteiger partial charge >= 0.3 is 5.97 Å². The number of hydrogen-bond donors (Lipinski definition) is 0. The zero-order chi connectivity index (χ0) is 15.2. The number of esters is 1. The molecule has 1 unspecified atom stereocenters. The molecule has 0 amide bonds. The molecule has 0 heterocycles.